The van der Waals surface area contributed by atoms with Gasteiger partial charge in [0.2, 0.25) is 0 Å². The molecule has 1 saturated carbocycles. The maximum absolute atomic E-state index is 11.9. The van der Waals surface area contributed by atoms with E-state index in [4.69, 9.17) is 4.74 Å². The zero-order valence-electron chi connectivity index (χ0n) is 10.6. The Hall–Kier alpha value is -1.39. The first-order chi connectivity index (χ1) is 8.63. The quantitative estimate of drug-likeness (QED) is 0.831. The van der Waals surface area contributed by atoms with Crippen molar-refractivity contribution in [3.8, 4) is 0 Å². The zero-order valence-corrected chi connectivity index (χ0v) is 10.6. The fourth-order valence-corrected chi connectivity index (χ4v) is 2.08. The van der Waals surface area contributed by atoms with Crippen LogP contribution in [0.5, 0.6) is 0 Å². The second-order valence-corrected chi connectivity index (χ2v) is 4.89. The molecule has 0 aromatic heterocycles. The fraction of sp³-hybridized carbons (Fsp3) is 0.500. The number of hydrogen-bond donors (Lipinski definition) is 2. The SMILES string of the molecule is COCc1cccc(C(=O)NCC2(O)CCC2)c1. The summed E-state index contributed by atoms with van der Waals surface area (Å²) in [6.45, 7) is 0.825. The molecule has 1 aliphatic carbocycles. The molecule has 1 aromatic rings. The average molecular weight is 249 g/mol. The first-order valence-corrected chi connectivity index (χ1v) is 6.21. The third-order valence-corrected chi connectivity index (χ3v) is 3.36. The number of hydrogen-bond acceptors (Lipinski definition) is 3. The monoisotopic (exact) mass is 249 g/mol. The number of benzene rings is 1. The van der Waals surface area contributed by atoms with Gasteiger partial charge in [0.05, 0.1) is 12.2 Å². The minimum atomic E-state index is -0.681. The minimum absolute atomic E-state index is 0.145. The Kier molecular flexibility index (Phi) is 3.99. The van der Waals surface area contributed by atoms with E-state index in [0.717, 1.165) is 24.8 Å². The Morgan fingerprint density at radius 2 is 2.28 bits per heavy atom. The van der Waals surface area contributed by atoms with Crippen LogP contribution in [-0.2, 0) is 11.3 Å². The van der Waals surface area contributed by atoms with Crippen molar-refractivity contribution in [2.75, 3.05) is 13.7 Å². The first kappa shape index (κ1) is 13.1. The number of aliphatic hydroxyl groups is 1. The summed E-state index contributed by atoms with van der Waals surface area (Å²) in [4.78, 5) is 11.9. The molecule has 1 fully saturated rings. The van der Waals surface area contributed by atoms with Crippen LogP contribution in [0, 0.1) is 0 Å². The van der Waals surface area contributed by atoms with Crippen LogP contribution in [0.1, 0.15) is 35.2 Å². The predicted octanol–water partition coefficient (Wildman–Crippen LogP) is 1.48. The zero-order chi connectivity index (χ0) is 13.0. The molecular weight excluding hydrogens is 230 g/mol. The summed E-state index contributed by atoms with van der Waals surface area (Å²) in [6, 6.07) is 7.32. The van der Waals surface area contributed by atoms with E-state index < -0.39 is 5.60 Å². The second-order valence-electron chi connectivity index (χ2n) is 4.89. The van der Waals surface area contributed by atoms with Crippen LogP contribution in [0.3, 0.4) is 0 Å². The lowest BCUT2D eigenvalue weighted by atomic mass is 9.80. The Bertz CT molecular complexity index is 427. The van der Waals surface area contributed by atoms with Crippen LogP contribution in [-0.4, -0.2) is 30.3 Å². The molecule has 0 heterocycles. The van der Waals surface area contributed by atoms with Gasteiger partial charge in [-0.3, -0.25) is 4.79 Å². The van der Waals surface area contributed by atoms with Crippen LogP contribution >= 0.6 is 0 Å². The predicted molar refractivity (Wildman–Crippen MR) is 68.3 cm³/mol. The van der Waals surface area contributed by atoms with Gasteiger partial charge in [-0.1, -0.05) is 12.1 Å². The van der Waals surface area contributed by atoms with Crippen molar-refractivity contribution in [1.82, 2.24) is 5.32 Å². The second kappa shape index (κ2) is 5.50. The fourth-order valence-electron chi connectivity index (χ4n) is 2.08. The summed E-state index contributed by atoms with van der Waals surface area (Å²) in [5.74, 6) is -0.145. The lowest BCUT2D eigenvalue weighted by Gasteiger charge is -2.36. The van der Waals surface area contributed by atoms with E-state index in [1.54, 1.807) is 13.2 Å². The highest BCUT2D eigenvalue weighted by molar-refractivity contribution is 5.94. The molecule has 0 unspecified atom stereocenters. The van der Waals surface area contributed by atoms with Gasteiger partial charge in [-0.25, -0.2) is 0 Å². The smallest absolute Gasteiger partial charge is 0.251 e. The molecule has 0 atom stereocenters. The summed E-state index contributed by atoms with van der Waals surface area (Å²) in [5.41, 5.74) is 0.889. The highest BCUT2D eigenvalue weighted by atomic mass is 16.5. The maximum atomic E-state index is 11.9. The number of carbonyl (C=O) groups excluding carboxylic acids is 1. The van der Waals surface area contributed by atoms with Crippen LogP contribution < -0.4 is 5.32 Å². The summed E-state index contributed by atoms with van der Waals surface area (Å²) in [7, 11) is 1.62. The molecule has 2 N–H and O–H groups in total. The number of amides is 1. The van der Waals surface area contributed by atoms with E-state index in [0.29, 0.717) is 18.7 Å². The van der Waals surface area contributed by atoms with Crippen molar-refractivity contribution in [1.29, 1.82) is 0 Å². The Labute approximate surface area is 107 Å². The van der Waals surface area contributed by atoms with Crippen LogP contribution in [0.4, 0.5) is 0 Å². The third-order valence-electron chi connectivity index (χ3n) is 3.36. The van der Waals surface area contributed by atoms with Gasteiger partial charge in [0, 0.05) is 19.2 Å². The van der Waals surface area contributed by atoms with Crippen molar-refractivity contribution in [3.63, 3.8) is 0 Å². The van der Waals surface area contributed by atoms with Gasteiger partial charge in [0.25, 0.3) is 5.91 Å². The summed E-state index contributed by atoms with van der Waals surface area (Å²) < 4.78 is 5.03. The van der Waals surface area contributed by atoms with Gasteiger partial charge >= 0.3 is 0 Å². The highest BCUT2D eigenvalue weighted by Gasteiger charge is 2.34. The molecule has 1 amide bonds. The molecule has 1 aromatic carbocycles. The molecule has 0 radical (unpaired) electrons. The first-order valence-electron chi connectivity index (χ1n) is 6.21. The largest absolute Gasteiger partial charge is 0.388 e. The van der Waals surface area contributed by atoms with Crippen molar-refractivity contribution in [2.45, 2.75) is 31.5 Å². The highest BCUT2D eigenvalue weighted by Crippen LogP contribution is 2.30. The molecule has 98 valence electrons. The summed E-state index contributed by atoms with van der Waals surface area (Å²) >= 11 is 0. The van der Waals surface area contributed by atoms with Crippen LogP contribution in [0.15, 0.2) is 24.3 Å². The number of carbonyl (C=O) groups is 1. The van der Waals surface area contributed by atoms with E-state index in [2.05, 4.69) is 5.32 Å². The molecule has 0 bridgehead atoms. The number of ether oxygens (including phenoxy) is 1. The number of rotatable bonds is 5. The van der Waals surface area contributed by atoms with E-state index >= 15 is 0 Å². The van der Waals surface area contributed by atoms with Gasteiger partial charge in [-0.05, 0) is 37.0 Å². The minimum Gasteiger partial charge on any atom is -0.388 e. The van der Waals surface area contributed by atoms with E-state index in [1.807, 2.05) is 18.2 Å². The van der Waals surface area contributed by atoms with Gasteiger partial charge in [0.15, 0.2) is 0 Å². The normalized spacial score (nSPS) is 17.0. The average Bonchev–Trinajstić information content (AvgIpc) is 2.34. The Morgan fingerprint density at radius 1 is 1.50 bits per heavy atom. The molecular formula is C14H19NO3. The van der Waals surface area contributed by atoms with E-state index in [9.17, 15) is 9.90 Å². The molecule has 4 nitrogen and oxygen atoms in total. The molecule has 2 rings (SSSR count). The lowest BCUT2D eigenvalue weighted by Crippen LogP contribution is -2.47. The Morgan fingerprint density at radius 3 is 2.89 bits per heavy atom. The van der Waals surface area contributed by atoms with Gasteiger partial charge in [-0.15, -0.1) is 0 Å². The molecule has 1 aliphatic rings. The van der Waals surface area contributed by atoms with Crippen molar-refractivity contribution >= 4 is 5.91 Å². The van der Waals surface area contributed by atoms with Gasteiger partial charge in [0.1, 0.15) is 0 Å². The van der Waals surface area contributed by atoms with Crippen LogP contribution in [0.25, 0.3) is 0 Å². The van der Waals surface area contributed by atoms with E-state index in [-0.39, 0.29) is 5.91 Å². The van der Waals surface area contributed by atoms with Gasteiger partial charge < -0.3 is 15.2 Å². The standard InChI is InChI=1S/C14H19NO3/c1-18-9-11-4-2-5-12(8-11)13(16)15-10-14(17)6-3-7-14/h2,4-5,8,17H,3,6-7,9-10H2,1H3,(H,15,16). The summed E-state index contributed by atoms with van der Waals surface area (Å²) in [6.07, 6.45) is 2.59. The molecule has 18 heavy (non-hydrogen) atoms. The molecule has 0 saturated heterocycles. The third kappa shape index (κ3) is 3.09. The maximum Gasteiger partial charge on any atom is 0.251 e. The van der Waals surface area contributed by atoms with Crippen LogP contribution in [0.2, 0.25) is 0 Å². The van der Waals surface area contributed by atoms with Crippen molar-refractivity contribution < 1.29 is 14.6 Å². The lowest BCUT2D eigenvalue weighted by molar-refractivity contribution is -0.0300. The molecule has 0 aliphatic heterocycles. The van der Waals surface area contributed by atoms with Gasteiger partial charge in [-0.2, -0.15) is 0 Å². The van der Waals surface area contributed by atoms with Crippen molar-refractivity contribution in [2.24, 2.45) is 0 Å². The molecule has 4 heteroatoms. The van der Waals surface area contributed by atoms with Crippen molar-refractivity contribution in [3.05, 3.63) is 35.4 Å². The van der Waals surface area contributed by atoms with E-state index in [1.165, 1.54) is 0 Å². The Balaban J connectivity index is 1.93. The molecule has 0 spiro atoms. The number of methoxy groups -OCH3 is 1. The summed E-state index contributed by atoms with van der Waals surface area (Å²) in [5, 5.41) is 12.7. The topological polar surface area (TPSA) is 58.6 Å². The number of nitrogens with one attached hydrogen (secondary N) is 1.